The van der Waals surface area contributed by atoms with Crippen LogP contribution in [-0.4, -0.2) is 12.6 Å². The molecule has 0 atom stereocenters. The first-order chi connectivity index (χ1) is 7.82. The molecule has 1 aliphatic carbocycles. The maximum absolute atomic E-state index is 14.0. The average molecular weight is 241 g/mol. The molecule has 2 nitrogen and oxygen atoms in total. The number of nitrogens with two attached hydrogens (primary N) is 1. The molecule has 0 spiro atoms. The zero-order valence-electron chi connectivity index (χ0n) is 10.3. The second-order valence-electron chi connectivity index (χ2n) is 5.25. The van der Waals surface area contributed by atoms with Gasteiger partial charge in [-0.15, -0.1) is 0 Å². The highest BCUT2D eigenvalue weighted by molar-refractivity contribution is 5.39. The number of ether oxygens (including phenoxy) is 1. The van der Waals surface area contributed by atoms with Crippen molar-refractivity contribution < 1.29 is 13.5 Å². The van der Waals surface area contributed by atoms with Gasteiger partial charge in [0.05, 0.1) is 7.11 Å². The predicted molar refractivity (Wildman–Crippen MR) is 62.1 cm³/mol. The molecule has 4 heteroatoms. The van der Waals surface area contributed by atoms with E-state index in [1.807, 2.05) is 0 Å². The van der Waals surface area contributed by atoms with E-state index in [9.17, 15) is 8.78 Å². The van der Waals surface area contributed by atoms with E-state index < -0.39 is 22.6 Å². The summed E-state index contributed by atoms with van der Waals surface area (Å²) in [6.07, 6.45) is 1.59. The summed E-state index contributed by atoms with van der Waals surface area (Å²) in [4.78, 5) is 0. The fraction of sp³-hybridized carbons (Fsp3) is 0.538. The van der Waals surface area contributed by atoms with E-state index in [0.29, 0.717) is 0 Å². The molecular weight excluding hydrogens is 224 g/mol. The van der Waals surface area contributed by atoms with E-state index in [0.717, 1.165) is 12.8 Å². The van der Waals surface area contributed by atoms with Gasteiger partial charge in [-0.2, -0.15) is 0 Å². The number of hydrogen-bond acceptors (Lipinski definition) is 2. The summed E-state index contributed by atoms with van der Waals surface area (Å²) in [5.74, 6) is -1.01. The Morgan fingerprint density at radius 1 is 1.24 bits per heavy atom. The minimum atomic E-state index is -0.715. The van der Waals surface area contributed by atoms with Crippen LogP contribution in [0.15, 0.2) is 12.1 Å². The quantitative estimate of drug-likeness (QED) is 0.883. The molecule has 0 radical (unpaired) electrons. The van der Waals surface area contributed by atoms with Crippen molar-refractivity contribution >= 4 is 0 Å². The lowest BCUT2D eigenvalue weighted by Gasteiger charge is -2.33. The van der Waals surface area contributed by atoms with E-state index in [2.05, 4.69) is 0 Å². The Morgan fingerprint density at radius 3 is 2.06 bits per heavy atom. The van der Waals surface area contributed by atoms with Gasteiger partial charge in [0.25, 0.3) is 0 Å². The normalized spacial score (nSPS) is 18.0. The van der Waals surface area contributed by atoms with Gasteiger partial charge >= 0.3 is 0 Å². The molecule has 1 aromatic rings. The van der Waals surface area contributed by atoms with Crippen LogP contribution in [0.3, 0.4) is 0 Å². The van der Waals surface area contributed by atoms with Gasteiger partial charge in [0.2, 0.25) is 0 Å². The van der Waals surface area contributed by atoms with Gasteiger partial charge in [0.1, 0.15) is 17.4 Å². The Labute approximate surface area is 99.8 Å². The molecule has 0 aromatic heterocycles. The van der Waals surface area contributed by atoms with Crippen LogP contribution in [0.5, 0.6) is 5.75 Å². The van der Waals surface area contributed by atoms with E-state index in [-0.39, 0.29) is 11.3 Å². The molecule has 1 fully saturated rings. The van der Waals surface area contributed by atoms with Crippen LogP contribution < -0.4 is 10.5 Å². The number of methoxy groups -OCH3 is 1. The molecule has 1 saturated carbocycles. The summed E-state index contributed by atoms with van der Waals surface area (Å²) in [6.45, 7) is 3.57. The summed E-state index contributed by atoms with van der Waals surface area (Å²) in [5, 5.41) is 0. The number of hydrogen-bond donors (Lipinski definition) is 1. The molecule has 2 rings (SSSR count). The lowest BCUT2D eigenvalue weighted by molar-refractivity contribution is 0.350. The number of benzene rings is 1. The van der Waals surface area contributed by atoms with Crippen molar-refractivity contribution in [2.75, 3.05) is 7.11 Å². The van der Waals surface area contributed by atoms with Crippen LogP contribution in [0, 0.1) is 11.6 Å². The Hall–Kier alpha value is -1.16. The minimum Gasteiger partial charge on any atom is -0.497 e. The molecule has 17 heavy (non-hydrogen) atoms. The number of halogens is 2. The smallest absolute Gasteiger partial charge is 0.133 e. The second-order valence-corrected chi connectivity index (χ2v) is 5.25. The Kier molecular flexibility index (Phi) is 2.65. The molecule has 1 aliphatic rings. The summed E-state index contributed by atoms with van der Waals surface area (Å²) >= 11 is 0. The Morgan fingerprint density at radius 2 is 1.71 bits per heavy atom. The molecule has 0 unspecified atom stereocenters. The topological polar surface area (TPSA) is 35.2 Å². The summed E-state index contributed by atoms with van der Waals surface area (Å²) in [6, 6.07) is 2.40. The van der Waals surface area contributed by atoms with E-state index in [1.165, 1.54) is 19.2 Å². The molecule has 2 N–H and O–H groups in total. The van der Waals surface area contributed by atoms with Gasteiger partial charge in [-0.05, 0) is 12.8 Å². The third kappa shape index (κ3) is 1.80. The number of rotatable bonds is 3. The Bertz CT molecular complexity index is 430. The first-order valence-corrected chi connectivity index (χ1v) is 5.64. The lowest BCUT2D eigenvalue weighted by atomic mass is 9.75. The van der Waals surface area contributed by atoms with E-state index in [4.69, 9.17) is 10.5 Å². The van der Waals surface area contributed by atoms with Crippen molar-refractivity contribution in [3.63, 3.8) is 0 Å². The van der Waals surface area contributed by atoms with Crippen molar-refractivity contribution in [2.24, 2.45) is 5.73 Å². The van der Waals surface area contributed by atoms with Gasteiger partial charge in [-0.1, -0.05) is 13.8 Å². The second kappa shape index (κ2) is 3.67. The van der Waals surface area contributed by atoms with Crippen LogP contribution in [0.1, 0.15) is 32.3 Å². The molecular formula is C13H17F2NO. The standard InChI is InChI=1S/C13H17F2NO/c1-12(2,13(16)4-5-13)11-9(14)6-8(17-3)7-10(11)15/h6-7H,4-5,16H2,1-3H3. The zero-order valence-corrected chi connectivity index (χ0v) is 10.3. The highest BCUT2D eigenvalue weighted by Gasteiger charge is 2.53. The maximum atomic E-state index is 14.0. The predicted octanol–water partition coefficient (Wildman–Crippen LogP) is 2.74. The largest absolute Gasteiger partial charge is 0.497 e. The van der Waals surface area contributed by atoms with Crippen molar-refractivity contribution in [1.29, 1.82) is 0 Å². The van der Waals surface area contributed by atoms with Gasteiger partial charge in [-0.3, -0.25) is 0 Å². The lowest BCUT2D eigenvalue weighted by Crippen LogP contribution is -2.44. The van der Waals surface area contributed by atoms with Crippen molar-refractivity contribution in [1.82, 2.24) is 0 Å². The van der Waals surface area contributed by atoms with E-state index >= 15 is 0 Å². The molecule has 0 aliphatic heterocycles. The fourth-order valence-electron chi connectivity index (χ4n) is 2.27. The molecule has 94 valence electrons. The molecule has 0 heterocycles. The SMILES string of the molecule is COc1cc(F)c(C(C)(C)C2(N)CC2)c(F)c1. The van der Waals surface area contributed by atoms with Crippen LogP contribution in [0.2, 0.25) is 0 Å². The van der Waals surface area contributed by atoms with Crippen LogP contribution >= 0.6 is 0 Å². The monoisotopic (exact) mass is 241 g/mol. The van der Waals surface area contributed by atoms with Gasteiger partial charge in [-0.25, -0.2) is 8.78 Å². The third-order valence-corrected chi connectivity index (χ3v) is 3.91. The van der Waals surface area contributed by atoms with Gasteiger partial charge in [0.15, 0.2) is 0 Å². The summed E-state index contributed by atoms with van der Waals surface area (Å²) in [7, 11) is 1.38. The fourth-order valence-corrected chi connectivity index (χ4v) is 2.27. The van der Waals surface area contributed by atoms with Gasteiger partial charge < -0.3 is 10.5 Å². The maximum Gasteiger partial charge on any atom is 0.133 e. The van der Waals surface area contributed by atoms with Crippen LogP contribution in [-0.2, 0) is 5.41 Å². The summed E-state index contributed by atoms with van der Waals surface area (Å²) in [5.41, 5.74) is 4.94. The van der Waals surface area contributed by atoms with E-state index in [1.54, 1.807) is 13.8 Å². The Balaban J connectivity index is 2.52. The molecule has 0 bridgehead atoms. The average Bonchev–Trinajstić information content (AvgIpc) is 2.96. The third-order valence-electron chi connectivity index (χ3n) is 3.91. The van der Waals surface area contributed by atoms with Crippen molar-refractivity contribution in [2.45, 2.75) is 37.6 Å². The first-order valence-electron chi connectivity index (χ1n) is 5.64. The van der Waals surface area contributed by atoms with Crippen LogP contribution in [0.25, 0.3) is 0 Å². The highest BCUT2D eigenvalue weighted by atomic mass is 19.1. The van der Waals surface area contributed by atoms with Crippen molar-refractivity contribution in [3.05, 3.63) is 29.3 Å². The van der Waals surface area contributed by atoms with Crippen molar-refractivity contribution in [3.8, 4) is 5.75 Å². The van der Waals surface area contributed by atoms with Gasteiger partial charge in [0, 0.05) is 28.7 Å². The van der Waals surface area contributed by atoms with Crippen LogP contribution in [0.4, 0.5) is 8.78 Å². The molecule has 1 aromatic carbocycles. The first kappa shape index (κ1) is 12.3. The molecule has 0 amide bonds. The minimum absolute atomic E-state index is 0.0540. The zero-order chi connectivity index (χ0) is 12.8. The highest BCUT2D eigenvalue weighted by Crippen LogP contribution is 2.50. The summed E-state index contributed by atoms with van der Waals surface area (Å²) < 4.78 is 32.8. The molecule has 0 saturated heterocycles.